The Kier molecular flexibility index (Phi) is 6.53. The number of nitrogens with zero attached hydrogens (tertiary/aromatic N) is 1. The molecule has 18 heavy (non-hydrogen) atoms. The summed E-state index contributed by atoms with van der Waals surface area (Å²) in [5.41, 5.74) is 6.60. The number of hydrogen-bond donors (Lipinski definition) is 3. The van der Waals surface area contributed by atoms with Crippen LogP contribution in [0.1, 0.15) is 17.5 Å². The van der Waals surface area contributed by atoms with Crippen LogP contribution in [0.25, 0.3) is 0 Å². The van der Waals surface area contributed by atoms with Gasteiger partial charge in [0.2, 0.25) is 0 Å². The highest BCUT2D eigenvalue weighted by molar-refractivity contribution is 7.98. The highest BCUT2D eigenvalue weighted by Gasteiger charge is 2.04. The zero-order valence-electron chi connectivity index (χ0n) is 10.3. The van der Waals surface area contributed by atoms with Gasteiger partial charge in [0.25, 0.3) is 0 Å². The molecule has 0 heterocycles. The van der Waals surface area contributed by atoms with E-state index in [1.807, 2.05) is 0 Å². The van der Waals surface area contributed by atoms with Crippen molar-refractivity contribution in [3.8, 4) is 0 Å². The van der Waals surface area contributed by atoms with Gasteiger partial charge in [-0.05, 0) is 48.7 Å². The molecule has 100 valence electrons. The number of benzene rings is 1. The zero-order chi connectivity index (χ0) is 13.4. The molecule has 0 atom stereocenters. The fourth-order valence-corrected chi connectivity index (χ4v) is 1.97. The number of amidine groups is 1. The van der Waals surface area contributed by atoms with Crippen LogP contribution in [0.2, 0.25) is 0 Å². The Balaban J connectivity index is 2.58. The van der Waals surface area contributed by atoms with Gasteiger partial charge in [0.05, 0.1) is 0 Å². The van der Waals surface area contributed by atoms with Crippen LogP contribution in [-0.2, 0) is 6.54 Å². The summed E-state index contributed by atoms with van der Waals surface area (Å²) in [5, 5.41) is 14.7. The Morgan fingerprint density at radius 1 is 1.50 bits per heavy atom. The van der Waals surface area contributed by atoms with Gasteiger partial charge in [0, 0.05) is 12.1 Å². The predicted molar refractivity (Wildman–Crippen MR) is 73.6 cm³/mol. The average Bonchev–Trinajstić information content (AvgIpc) is 2.37. The van der Waals surface area contributed by atoms with Crippen molar-refractivity contribution in [3.63, 3.8) is 0 Å². The van der Waals surface area contributed by atoms with Crippen molar-refractivity contribution in [1.29, 1.82) is 0 Å². The van der Waals surface area contributed by atoms with Crippen molar-refractivity contribution in [1.82, 2.24) is 5.32 Å². The van der Waals surface area contributed by atoms with Gasteiger partial charge < -0.3 is 16.3 Å². The normalized spacial score (nSPS) is 11.8. The molecular weight excluding hydrogens is 253 g/mol. The van der Waals surface area contributed by atoms with Gasteiger partial charge in [-0.15, -0.1) is 0 Å². The summed E-state index contributed by atoms with van der Waals surface area (Å²) in [6, 6.07) is 4.39. The van der Waals surface area contributed by atoms with E-state index in [2.05, 4.69) is 16.7 Å². The van der Waals surface area contributed by atoms with Crippen molar-refractivity contribution in [2.24, 2.45) is 10.9 Å². The molecule has 4 N–H and O–H groups in total. The summed E-state index contributed by atoms with van der Waals surface area (Å²) in [4.78, 5) is 0. The molecule has 1 aromatic carbocycles. The van der Waals surface area contributed by atoms with Crippen molar-refractivity contribution >= 4 is 17.6 Å². The molecule has 0 fully saturated rings. The quantitative estimate of drug-likeness (QED) is 0.232. The van der Waals surface area contributed by atoms with Crippen LogP contribution >= 0.6 is 11.8 Å². The van der Waals surface area contributed by atoms with Crippen molar-refractivity contribution in [3.05, 3.63) is 35.1 Å². The smallest absolute Gasteiger partial charge is 0.170 e. The molecule has 0 radical (unpaired) electrons. The number of rotatable bonds is 7. The van der Waals surface area contributed by atoms with Crippen molar-refractivity contribution in [2.45, 2.75) is 13.0 Å². The van der Waals surface area contributed by atoms with E-state index in [4.69, 9.17) is 10.9 Å². The summed E-state index contributed by atoms with van der Waals surface area (Å²) in [6.07, 6.45) is 3.14. The van der Waals surface area contributed by atoms with Gasteiger partial charge in [-0.3, -0.25) is 0 Å². The first-order chi connectivity index (χ1) is 8.67. The molecule has 6 heteroatoms. The Morgan fingerprint density at radius 3 is 2.94 bits per heavy atom. The fraction of sp³-hybridized carbons (Fsp3) is 0.417. The van der Waals surface area contributed by atoms with Gasteiger partial charge in [-0.1, -0.05) is 5.16 Å². The van der Waals surface area contributed by atoms with E-state index in [1.165, 1.54) is 12.1 Å². The molecule has 1 aromatic rings. The first-order valence-corrected chi connectivity index (χ1v) is 7.03. The molecule has 0 bridgehead atoms. The van der Waals surface area contributed by atoms with Gasteiger partial charge in [-0.25, -0.2) is 4.39 Å². The van der Waals surface area contributed by atoms with E-state index in [-0.39, 0.29) is 11.7 Å². The summed E-state index contributed by atoms with van der Waals surface area (Å²) >= 11 is 1.80. The predicted octanol–water partition coefficient (Wildman–Crippen LogP) is 1.76. The third-order valence-corrected chi connectivity index (χ3v) is 3.09. The Hall–Kier alpha value is -1.27. The van der Waals surface area contributed by atoms with Crippen LogP contribution in [0.3, 0.4) is 0 Å². The number of nitrogens with two attached hydrogens (primary N) is 1. The average molecular weight is 271 g/mol. The zero-order valence-corrected chi connectivity index (χ0v) is 11.1. The van der Waals surface area contributed by atoms with Crippen LogP contribution in [0.5, 0.6) is 0 Å². The van der Waals surface area contributed by atoms with E-state index in [1.54, 1.807) is 17.8 Å². The van der Waals surface area contributed by atoms with Gasteiger partial charge in [0.1, 0.15) is 5.82 Å². The van der Waals surface area contributed by atoms with Crippen LogP contribution < -0.4 is 11.1 Å². The molecule has 0 aliphatic heterocycles. The lowest BCUT2D eigenvalue weighted by atomic mass is 10.1. The number of halogens is 1. The van der Waals surface area contributed by atoms with Crippen LogP contribution in [0.4, 0.5) is 4.39 Å². The molecule has 1 rings (SSSR count). The maximum atomic E-state index is 13.3. The summed E-state index contributed by atoms with van der Waals surface area (Å²) in [5.74, 6) is 0.629. The SMILES string of the molecule is CSCCCNCc1cc(F)cc(/C(N)=N/O)c1. The maximum absolute atomic E-state index is 13.3. The summed E-state index contributed by atoms with van der Waals surface area (Å²) in [6.45, 7) is 1.45. The van der Waals surface area contributed by atoms with E-state index >= 15 is 0 Å². The van der Waals surface area contributed by atoms with Crippen LogP contribution in [-0.4, -0.2) is 29.6 Å². The molecular formula is C12H18FN3OS. The first-order valence-electron chi connectivity index (χ1n) is 5.64. The highest BCUT2D eigenvalue weighted by Crippen LogP contribution is 2.09. The Morgan fingerprint density at radius 2 is 2.28 bits per heavy atom. The molecule has 0 aliphatic rings. The van der Waals surface area contributed by atoms with E-state index in [0.29, 0.717) is 12.1 Å². The Labute approximate surface area is 110 Å². The van der Waals surface area contributed by atoms with Gasteiger partial charge in [-0.2, -0.15) is 11.8 Å². The second-order valence-corrected chi connectivity index (χ2v) is 4.84. The van der Waals surface area contributed by atoms with Crippen molar-refractivity contribution < 1.29 is 9.60 Å². The third-order valence-electron chi connectivity index (χ3n) is 2.39. The largest absolute Gasteiger partial charge is 0.409 e. The number of hydrogen-bond acceptors (Lipinski definition) is 4. The standard InChI is InChI=1S/C12H18FN3OS/c1-18-4-2-3-15-8-9-5-10(12(14)16-17)7-11(13)6-9/h5-7,15,17H,2-4,8H2,1H3,(H2,14,16). The maximum Gasteiger partial charge on any atom is 0.170 e. The number of nitrogens with one attached hydrogen (secondary N) is 1. The molecule has 4 nitrogen and oxygen atoms in total. The number of oxime groups is 1. The monoisotopic (exact) mass is 271 g/mol. The highest BCUT2D eigenvalue weighted by atomic mass is 32.2. The second-order valence-electron chi connectivity index (χ2n) is 3.86. The van der Waals surface area contributed by atoms with E-state index < -0.39 is 0 Å². The summed E-state index contributed by atoms with van der Waals surface area (Å²) in [7, 11) is 0. The minimum atomic E-state index is -0.389. The minimum absolute atomic E-state index is 0.0851. The lowest BCUT2D eigenvalue weighted by Gasteiger charge is -2.07. The van der Waals surface area contributed by atoms with Crippen LogP contribution in [0.15, 0.2) is 23.4 Å². The van der Waals surface area contributed by atoms with Gasteiger partial charge in [0.15, 0.2) is 5.84 Å². The lowest BCUT2D eigenvalue weighted by molar-refractivity contribution is 0.318. The Bertz CT molecular complexity index is 412. The van der Waals surface area contributed by atoms with E-state index in [0.717, 1.165) is 24.3 Å². The van der Waals surface area contributed by atoms with Crippen LogP contribution in [0, 0.1) is 5.82 Å². The molecule has 0 saturated carbocycles. The topological polar surface area (TPSA) is 70.6 Å². The molecule has 0 spiro atoms. The summed E-state index contributed by atoms with van der Waals surface area (Å²) < 4.78 is 13.3. The van der Waals surface area contributed by atoms with Crippen molar-refractivity contribution in [2.75, 3.05) is 18.6 Å². The molecule has 0 saturated heterocycles. The third kappa shape index (κ3) is 4.93. The molecule has 0 aliphatic carbocycles. The van der Waals surface area contributed by atoms with E-state index in [9.17, 15) is 4.39 Å². The fourth-order valence-electron chi connectivity index (χ4n) is 1.53. The minimum Gasteiger partial charge on any atom is -0.409 e. The molecule has 0 aromatic heterocycles. The van der Waals surface area contributed by atoms with Gasteiger partial charge >= 0.3 is 0 Å². The second kappa shape index (κ2) is 7.94. The number of thioether (sulfide) groups is 1. The molecule has 0 unspecified atom stereocenters. The molecule has 0 amide bonds. The lowest BCUT2D eigenvalue weighted by Crippen LogP contribution is -2.17. The first kappa shape index (κ1) is 14.8.